The molecule has 124 valence electrons. The van der Waals surface area contributed by atoms with Crippen LogP contribution in [-0.2, 0) is 9.59 Å². The number of carbonyl (C=O) groups excluding carboxylic acids is 3. The van der Waals surface area contributed by atoms with Crippen LogP contribution in [0.1, 0.15) is 49.0 Å². The summed E-state index contributed by atoms with van der Waals surface area (Å²) < 4.78 is 0. The minimum Gasteiger partial charge on any atom is -0.341 e. The number of aromatic nitrogens is 1. The van der Waals surface area contributed by atoms with E-state index in [1.807, 2.05) is 4.90 Å². The van der Waals surface area contributed by atoms with Gasteiger partial charge < -0.3 is 15.0 Å². The third kappa shape index (κ3) is 5.16. The Labute approximate surface area is 136 Å². The van der Waals surface area contributed by atoms with Gasteiger partial charge in [-0.1, -0.05) is 6.07 Å². The third-order valence-corrected chi connectivity index (χ3v) is 3.98. The number of aldehydes is 1. The van der Waals surface area contributed by atoms with Gasteiger partial charge in [-0.2, -0.15) is 0 Å². The summed E-state index contributed by atoms with van der Waals surface area (Å²) in [6.07, 6.45) is 6.96. The highest BCUT2D eigenvalue weighted by molar-refractivity contribution is 5.96. The molecule has 1 aromatic heterocycles. The minimum absolute atomic E-state index is 0.0557. The first-order chi connectivity index (χ1) is 11.2. The van der Waals surface area contributed by atoms with Crippen LogP contribution >= 0.6 is 0 Å². The topological polar surface area (TPSA) is 79.4 Å². The highest BCUT2D eigenvalue weighted by atomic mass is 16.2. The summed E-state index contributed by atoms with van der Waals surface area (Å²) in [5.74, 6) is -0.410. The first-order valence-electron chi connectivity index (χ1n) is 8.16. The second kappa shape index (κ2) is 9.02. The Morgan fingerprint density at radius 1 is 1.26 bits per heavy atom. The fraction of sp³-hybridized carbons (Fsp3) is 0.529. The number of unbranched alkanes of at least 4 members (excludes halogenated alkanes) is 1. The van der Waals surface area contributed by atoms with Gasteiger partial charge in [0.15, 0.2) is 0 Å². The molecule has 0 radical (unpaired) electrons. The van der Waals surface area contributed by atoms with Gasteiger partial charge >= 0.3 is 0 Å². The van der Waals surface area contributed by atoms with Crippen molar-refractivity contribution in [2.45, 2.75) is 44.6 Å². The molecular formula is C17H23N3O3. The molecule has 0 unspecified atom stereocenters. The molecular weight excluding hydrogens is 294 g/mol. The molecule has 1 saturated heterocycles. The molecule has 1 atom stereocenters. The maximum absolute atomic E-state index is 12.7. The van der Waals surface area contributed by atoms with Gasteiger partial charge in [-0.3, -0.25) is 14.6 Å². The van der Waals surface area contributed by atoms with Gasteiger partial charge in [0.1, 0.15) is 18.0 Å². The van der Waals surface area contributed by atoms with Gasteiger partial charge in [-0.25, -0.2) is 0 Å². The average molecular weight is 317 g/mol. The van der Waals surface area contributed by atoms with Crippen LogP contribution in [0.3, 0.4) is 0 Å². The lowest BCUT2D eigenvalue weighted by molar-refractivity contribution is -0.134. The predicted molar refractivity (Wildman–Crippen MR) is 85.8 cm³/mol. The molecule has 23 heavy (non-hydrogen) atoms. The highest BCUT2D eigenvalue weighted by Crippen LogP contribution is 2.13. The van der Waals surface area contributed by atoms with Crippen LogP contribution in [0.5, 0.6) is 0 Å². The maximum Gasteiger partial charge on any atom is 0.270 e. The Morgan fingerprint density at radius 3 is 2.70 bits per heavy atom. The number of pyridine rings is 1. The molecule has 1 aromatic rings. The van der Waals surface area contributed by atoms with Crippen LogP contribution in [0.15, 0.2) is 24.4 Å². The summed E-state index contributed by atoms with van der Waals surface area (Å²) in [6.45, 7) is 1.48. The number of likely N-dealkylation sites (tertiary alicyclic amines) is 1. The van der Waals surface area contributed by atoms with E-state index in [0.717, 1.165) is 38.6 Å². The van der Waals surface area contributed by atoms with Crippen molar-refractivity contribution >= 4 is 18.1 Å². The van der Waals surface area contributed by atoms with Gasteiger partial charge in [0, 0.05) is 25.7 Å². The van der Waals surface area contributed by atoms with Crippen LogP contribution in [-0.4, -0.2) is 47.1 Å². The molecule has 1 aliphatic rings. The predicted octanol–water partition coefficient (Wildman–Crippen LogP) is 1.56. The monoisotopic (exact) mass is 317 g/mol. The Bertz CT molecular complexity index is 527. The molecule has 2 rings (SSSR count). The standard InChI is InChI=1S/C17H23N3O3/c21-13-7-3-9-15(17(23)20-11-5-1-6-12-20)19-16(22)14-8-2-4-10-18-14/h2,4,8,10,13,15H,1,3,5-7,9,11-12H2,(H,19,22)/t15-/m0/s1. The van der Waals surface area contributed by atoms with E-state index in [0.29, 0.717) is 25.0 Å². The van der Waals surface area contributed by atoms with Crippen molar-refractivity contribution in [3.8, 4) is 0 Å². The van der Waals surface area contributed by atoms with E-state index >= 15 is 0 Å². The zero-order valence-corrected chi connectivity index (χ0v) is 13.2. The van der Waals surface area contributed by atoms with E-state index in [-0.39, 0.29) is 11.8 Å². The van der Waals surface area contributed by atoms with E-state index in [2.05, 4.69) is 10.3 Å². The molecule has 0 aromatic carbocycles. The fourth-order valence-electron chi connectivity index (χ4n) is 2.73. The van der Waals surface area contributed by atoms with Crippen molar-refractivity contribution in [3.05, 3.63) is 30.1 Å². The second-order valence-corrected chi connectivity index (χ2v) is 5.72. The maximum atomic E-state index is 12.7. The van der Waals surface area contributed by atoms with Gasteiger partial charge in [0.25, 0.3) is 5.91 Å². The van der Waals surface area contributed by atoms with Gasteiger partial charge in [0.05, 0.1) is 0 Å². The van der Waals surface area contributed by atoms with Crippen LogP contribution < -0.4 is 5.32 Å². The largest absolute Gasteiger partial charge is 0.341 e. The third-order valence-electron chi connectivity index (χ3n) is 3.98. The van der Waals surface area contributed by atoms with Gasteiger partial charge in [-0.05, 0) is 44.2 Å². The molecule has 6 nitrogen and oxygen atoms in total. The van der Waals surface area contributed by atoms with Gasteiger partial charge in [-0.15, -0.1) is 0 Å². The number of piperidine rings is 1. The van der Waals surface area contributed by atoms with E-state index in [1.165, 1.54) is 0 Å². The van der Waals surface area contributed by atoms with Crippen LogP contribution in [0.25, 0.3) is 0 Å². The zero-order chi connectivity index (χ0) is 16.5. The lowest BCUT2D eigenvalue weighted by atomic mass is 10.1. The number of nitrogens with zero attached hydrogens (tertiary/aromatic N) is 2. The summed E-state index contributed by atoms with van der Waals surface area (Å²) in [5, 5.41) is 2.78. The number of hydrogen-bond donors (Lipinski definition) is 1. The molecule has 0 aliphatic carbocycles. The first-order valence-corrected chi connectivity index (χ1v) is 8.16. The Hall–Kier alpha value is -2.24. The number of hydrogen-bond acceptors (Lipinski definition) is 4. The summed E-state index contributed by atoms with van der Waals surface area (Å²) in [5.41, 5.74) is 0.291. The summed E-state index contributed by atoms with van der Waals surface area (Å²) in [6, 6.07) is 4.48. The second-order valence-electron chi connectivity index (χ2n) is 5.72. The number of nitrogens with one attached hydrogen (secondary N) is 1. The summed E-state index contributed by atoms with van der Waals surface area (Å²) >= 11 is 0. The van der Waals surface area contributed by atoms with Crippen molar-refractivity contribution in [2.75, 3.05) is 13.1 Å². The Balaban J connectivity index is 2.01. The zero-order valence-electron chi connectivity index (χ0n) is 13.2. The molecule has 1 N–H and O–H groups in total. The molecule has 1 aliphatic heterocycles. The molecule has 6 heteroatoms. The normalized spacial score (nSPS) is 15.7. The Morgan fingerprint density at radius 2 is 2.04 bits per heavy atom. The van der Waals surface area contributed by atoms with Crippen molar-refractivity contribution in [1.82, 2.24) is 15.2 Å². The fourth-order valence-corrected chi connectivity index (χ4v) is 2.73. The van der Waals surface area contributed by atoms with E-state index in [1.54, 1.807) is 24.4 Å². The molecule has 0 spiro atoms. The number of rotatable bonds is 7. The molecule has 0 bridgehead atoms. The molecule has 2 amide bonds. The lowest BCUT2D eigenvalue weighted by Crippen LogP contribution is -2.50. The number of carbonyl (C=O) groups is 3. The SMILES string of the molecule is O=CCCC[C@H](NC(=O)c1ccccn1)C(=O)N1CCCCC1. The highest BCUT2D eigenvalue weighted by Gasteiger charge is 2.27. The average Bonchev–Trinajstić information content (AvgIpc) is 2.62. The summed E-state index contributed by atoms with van der Waals surface area (Å²) in [7, 11) is 0. The number of amides is 2. The smallest absolute Gasteiger partial charge is 0.270 e. The van der Waals surface area contributed by atoms with E-state index in [4.69, 9.17) is 0 Å². The van der Waals surface area contributed by atoms with Crippen molar-refractivity contribution in [3.63, 3.8) is 0 Å². The van der Waals surface area contributed by atoms with Gasteiger partial charge in [0.2, 0.25) is 5.91 Å². The lowest BCUT2D eigenvalue weighted by Gasteiger charge is -2.30. The minimum atomic E-state index is -0.595. The van der Waals surface area contributed by atoms with Crippen LogP contribution in [0, 0.1) is 0 Å². The first kappa shape index (κ1) is 17.1. The van der Waals surface area contributed by atoms with Crippen molar-refractivity contribution in [1.29, 1.82) is 0 Å². The van der Waals surface area contributed by atoms with E-state index in [9.17, 15) is 14.4 Å². The van der Waals surface area contributed by atoms with Crippen molar-refractivity contribution in [2.24, 2.45) is 0 Å². The van der Waals surface area contributed by atoms with Crippen molar-refractivity contribution < 1.29 is 14.4 Å². The molecule has 1 fully saturated rings. The Kier molecular flexibility index (Phi) is 6.72. The van der Waals surface area contributed by atoms with Crippen LogP contribution in [0.4, 0.5) is 0 Å². The molecule has 0 saturated carbocycles. The van der Waals surface area contributed by atoms with Crippen LogP contribution in [0.2, 0.25) is 0 Å². The molecule has 2 heterocycles. The quantitative estimate of drug-likeness (QED) is 0.611. The summed E-state index contributed by atoms with van der Waals surface area (Å²) in [4.78, 5) is 41.3. The van der Waals surface area contributed by atoms with E-state index < -0.39 is 6.04 Å².